The average Bonchev–Trinajstić information content (AvgIpc) is 3.06. The van der Waals surface area contributed by atoms with Crippen LogP contribution in [0.15, 0.2) is 53.7 Å². The molecule has 0 aliphatic heterocycles. The minimum Gasteiger partial charge on any atom is -0.489 e. The summed E-state index contributed by atoms with van der Waals surface area (Å²) in [4.78, 5) is 0. The molecule has 6 nitrogen and oxygen atoms in total. The van der Waals surface area contributed by atoms with E-state index in [1.807, 2.05) is 49.5 Å². The number of nitrogens with zero attached hydrogens (tertiary/aromatic N) is 4. The fourth-order valence-electron chi connectivity index (χ4n) is 2.34. The first kappa shape index (κ1) is 21.5. The van der Waals surface area contributed by atoms with E-state index in [0.717, 1.165) is 45.9 Å². The summed E-state index contributed by atoms with van der Waals surface area (Å²) in [7, 11) is 1.84. The Hall–Kier alpha value is -1.80. The maximum Gasteiger partial charge on any atom is 0.209 e. The van der Waals surface area contributed by atoms with E-state index in [4.69, 9.17) is 16.3 Å². The maximum absolute atomic E-state index is 6.19. The molecule has 0 unspecified atom stereocenters. The van der Waals surface area contributed by atoms with Crippen LogP contribution in [0.25, 0.3) is 0 Å². The lowest BCUT2D eigenvalue weighted by atomic mass is 10.2. The third-order valence-corrected chi connectivity index (χ3v) is 5.10. The van der Waals surface area contributed by atoms with Crippen molar-refractivity contribution in [3.8, 4) is 5.75 Å². The number of aryl methyl sites for hydroxylation is 1. The number of halogens is 2. The molecule has 0 saturated heterocycles. The molecular formula is C18H21Cl2N5OS. The zero-order valence-corrected chi connectivity index (χ0v) is 17.2. The standard InChI is InChI=1S/C18H20ClN5OS.ClH/c1-24-18(21-22-23-24)26-11-10-20-12-14-6-3-5-9-17(14)25-13-15-7-2-4-8-16(15)19;/h2-9,20H,10-13H2,1H3;1H. The number of hydrogen-bond acceptors (Lipinski definition) is 6. The number of rotatable bonds is 9. The molecule has 1 heterocycles. The molecule has 0 bridgehead atoms. The smallest absolute Gasteiger partial charge is 0.209 e. The van der Waals surface area contributed by atoms with E-state index in [2.05, 4.69) is 26.9 Å². The van der Waals surface area contributed by atoms with Crippen LogP contribution in [-0.2, 0) is 20.2 Å². The van der Waals surface area contributed by atoms with Gasteiger partial charge >= 0.3 is 0 Å². The quantitative estimate of drug-likeness (QED) is 0.415. The highest BCUT2D eigenvalue weighted by Gasteiger charge is 2.06. The summed E-state index contributed by atoms with van der Waals surface area (Å²) in [6, 6.07) is 15.8. The lowest BCUT2D eigenvalue weighted by Crippen LogP contribution is -2.17. The first-order chi connectivity index (χ1) is 12.7. The van der Waals surface area contributed by atoms with Crippen molar-refractivity contribution in [3.63, 3.8) is 0 Å². The lowest BCUT2D eigenvalue weighted by Gasteiger charge is -2.13. The molecule has 0 saturated carbocycles. The first-order valence-electron chi connectivity index (χ1n) is 8.24. The maximum atomic E-state index is 6.19. The minimum absolute atomic E-state index is 0. The van der Waals surface area contributed by atoms with E-state index in [-0.39, 0.29) is 12.4 Å². The van der Waals surface area contributed by atoms with Crippen LogP contribution >= 0.6 is 35.8 Å². The molecule has 3 rings (SSSR count). The van der Waals surface area contributed by atoms with Gasteiger partial charge in [-0.05, 0) is 22.6 Å². The van der Waals surface area contributed by atoms with Gasteiger partial charge in [0.15, 0.2) is 0 Å². The van der Waals surface area contributed by atoms with Crippen LogP contribution in [0.5, 0.6) is 5.75 Å². The summed E-state index contributed by atoms with van der Waals surface area (Å²) in [5.74, 6) is 1.75. The zero-order chi connectivity index (χ0) is 18.2. The van der Waals surface area contributed by atoms with E-state index in [0.29, 0.717) is 6.61 Å². The molecule has 0 aliphatic rings. The van der Waals surface area contributed by atoms with Gasteiger partial charge < -0.3 is 10.1 Å². The number of para-hydroxylation sites is 1. The third kappa shape index (κ3) is 6.39. The van der Waals surface area contributed by atoms with Crippen LogP contribution in [0, 0.1) is 0 Å². The minimum atomic E-state index is 0. The molecule has 0 amide bonds. The van der Waals surface area contributed by atoms with Crippen LogP contribution in [0.1, 0.15) is 11.1 Å². The van der Waals surface area contributed by atoms with Gasteiger partial charge in [0.05, 0.1) is 0 Å². The fourth-order valence-corrected chi connectivity index (χ4v) is 3.28. The highest BCUT2D eigenvalue weighted by atomic mass is 35.5. The highest BCUT2D eigenvalue weighted by Crippen LogP contribution is 2.22. The number of hydrogen-bond donors (Lipinski definition) is 1. The Morgan fingerprint density at radius 2 is 1.85 bits per heavy atom. The van der Waals surface area contributed by atoms with Crippen molar-refractivity contribution >= 4 is 35.8 Å². The van der Waals surface area contributed by atoms with Crippen molar-refractivity contribution in [1.82, 2.24) is 25.5 Å². The number of thioether (sulfide) groups is 1. The van der Waals surface area contributed by atoms with Gasteiger partial charge in [0.25, 0.3) is 0 Å². The summed E-state index contributed by atoms with van der Waals surface area (Å²) in [6.07, 6.45) is 0. The van der Waals surface area contributed by atoms with Gasteiger partial charge in [0.1, 0.15) is 12.4 Å². The predicted octanol–water partition coefficient (Wildman–Crippen LogP) is 3.75. The second kappa shape index (κ2) is 11.1. The zero-order valence-electron chi connectivity index (χ0n) is 14.8. The van der Waals surface area contributed by atoms with Gasteiger partial charge in [0.2, 0.25) is 5.16 Å². The Kier molecular flexibility index (Phi) is 8.87. The molecule has 0 aliphatic carbocycles. The Balaban J connectivity index is 0.00000261. The molecule has 0 spiro atoms. The SMILES string of the molecule is Cl.Cn1nnnc1SCCNCc1ccccc1OCc1ccccc1Cl. The molecule has 27 heavy (non-hydrogen) atoms. The van der Waals surface area contributed by atoms with Gasteiger partial charge in [-0.1, -0.05) is 59.8 Å². The van der Waals surface area contributed by atoms with Crippen LogP contribution in [-0.4, -0.2) is 32.5 Å². The molecule has 0 radical (unpaired) electrons. The summed E-state index contributed by atoms with van der Waals surface area (Å²) in [5.41, 5.74) is 2.09. The molecular weight excluding hydrogens is 405 g/mol. The van der Waals surface area contributed by atoms with Gasteiger partial charge in [-0.3, -0.25) is 0 Å². The van der Waals surface area contributed by atoms with Crippen molar-refractivity contribution < 1.29 is 4.74 Å². The number of tetrazole rings is 1. The number of nitrogens with one attached hydrogen (secondary N) is 1. The number of aromatic nitrogens is 4. The van der Waals surface area contributed by atoms with Crippen molar-refractivity contribution in [2.45, 2.75) is 18.3 Å². The van der Waals surface area contributed by atoms with Crippen molar-refractivity contribution in [3.05, 3.63) is 64.7 Å². The second-order valence-corrected chi connectivity index (χ2v) is 7.07. The van der Waals surface area contributed by atoms with Gasteiger partial charge in [0, 0.05) is 42.0 Å². The number of ether oxygens (including phenoxy) is 1. The van der Waals surface area contributed by atoms with Crippen molar-refractivity contribution in [1.29, 1.82) is 0 Å². The van der Waals surface area contributed by atoms with Crippen molar-refractivity contribution in [2.75, 3.05) is 12.3 Å². The Labute approximate surface area is 174 Å². The molecule has 144 valence electrons. The Bertz CT molecular complexity index is 846. The largest absolute Gasteiger partial charge is 0.489 e. The highest BCUT2D eigenvalue weighted by molar-refractivity contribution is 7.99. The summed E-state index contributed by atoms with van der Waals surface area (Å²) < 4.78 is 7.65. The van der Waals surface area contributed by atoms with Crippen LogP contribution in [0.4, 0.5) is 0 Å². The van der Waals surface area contributed by atoms with Gasteiger partial charge in [-0.25, -0.2) is 4.68 Å². The van der Waals surface area contributed by atoms with E-state index in [9.17, 15) is 0 Å². The first-order valence-corrected chi connectivity index (χ1v) is 9.60. The van der Waals surface area contributed by atoms with Crippen LogP contribution < -0.4 is 10.1 Å². The monoisotopic (exact) mass is 425 g/mol. The summed E-state index contributed by atoms with van der Waals surface area (Å²) >= 11 is 7.81. The fraction of sp³-hybridized carbons (Fsp3) is 0.278. The molecule has 2 aromatic carbocycles. The van der Waals surface area contributed by atoms with Gasteiger partial charge in [-0.2, -0.15) is 0 Å². The van der Waals surface area contributed by atoms with E-state index in [1.54, 1.807) is 16.4 Å². The van der Waals surface area contributed by atoms with Gasteiger partial charge in [-0.15, -0.1) is 17.5 Å². The molecule has 0 fully saturated rings. The molecule has 1 N–H and O–H groups in total. The molecule has 9 heteroatoms. The summed E-state index contributed by atoms with van der Waals surface area (Å²) in [5, 5.41) is 16.4. The number of benzene rings is 2. The second-order valence-electron chi connectivity index (χ2n) is 5.60. The lowest BCUT2D eigenvalue weighted by molar-refractivity contribution is 0.302. The summed E-state index contributed by atoms with van der Waals surface area (Å²) in [6.45, 7) is 2.03. The third-order valence-electron chi connectivity index (χ3n) is 3.72. The topological polar surface area (TPSA) is 64.9 Å². The normalized spacial score (nSPS) is 10.4. The van der Waals surface area contributed by atoms with Crippen LogP contribution in [0.3, 0.4) is 0 Å². The Morgan fingerprint density at radius 3 is 2.59 bits per heavy atom. The average molecular weight is 426 g/mol. The van der Waals surface area contributed by atoms with E-state index < -0.39 is 0 Å². The van der Waals surface area contributed by atoms with E-state index in [1.165, 1.54) is 0 Å². The molecule has 1 aromatic heterocycles. The van der Waals surface area contributed by atoms with E-state index >= 15 is 0 Å². The Morgan fingerprint density at radius 1 is 1.11 bits per heavy atom. The van der Waals surface area contributed by atoms with Crippen LogP contribution in [0.2, 0.25) is 5.02 Å². The van der Waals surface area contributed by atoms with Crippen molar-refractivity contribution in [2.24, 2.45) is 7.05 Å². The predicted molar refractivity (Wildman–Crippen MR) is 111 cm³/mol. The molecule has 0 atom stereocenters. The molecule has 3 aromatic rings.